The summed E-state index contributed by atoms with van der Waals surface area (Å²) >= 11 is 0. The Labute approximate surface area is 119 Å². The van der Waals surface area contributed by atoms with Gasteiger partial charge in [-0.2, -0.15) is 0 Å². The first kappa shape index (κ1) is 14.4. The third-order valence-corrected chi connectivity index (χ3v) is 4.62. The highest BCUT2D eigenvalue weighted by molar-refractivity contribution is 7.92. The van der Waals surface area contributed by atoms with Crippen molar-refractivity contribution < 1.29 is 13.5 Å². The van der Waals surface area contributed by atoms with Crippen molar-refractivity contribution in [3.05, 3.63) is 53.1 Å². The van der Waals surface area contributed by atoms with E-state index in [9.17, 15) is 13.5 Å². The van der Waals surface area contributed by atoms with Gasteiger partial charge in [0.05, 0.1) is 4.90 Å². The standard InChI is InChI=1S/C15H17NO3S/c1-10-4-6-14(9-11(10)2)20(18,19)16-13-5-7-15(17)12(3)8-13/h4-9,16-17H,1-3H3. The number of sulfonamides is 1. The zero-order chi connectivity index (χ0) is 14.9. The number of aromatic hydroxyl groups is 1. The van der Waals surface area contributed by atoms with Crippen molar-refractivity contribution in [2.75, 3.05) is 4.72 Å². The van der Waals surface area contributed by atoms with Crippen molar-refractivity contribution in [3.63, 3.8) is 0 Å². The molecule has 0 spiro atoms. The molecule has 0 bridgehead atoms. The smallest absolute Gasteiger partial charge is 0.261 e. The molecule has 2 aromatic rings. The zero-order valence-corrected chi connectivity index (χ0v) is 12.5. The Morgan fingerprint density at radius 3 is 2.20 bits per heavy atom. The largest absolute Gasteiger partial charge is 0.508 e. The first-order chi connectivity index (χ1) is 9.29. The van der Waals surface area contributed by atoms with Crippen LogP contribution in [0.25, 0.3) is 0 Å². The summed E-state index contributed by atoms with van der Waals surface area (Å²) in [7, 11) is -3.61. The van der Waals surface area contributed by atoms with E-state index in [4.69, 9.17) is 0 Å². The fourth-order valence-electron chi connectivity index (χ4n) is 1.81. The Morgan fingerprint density at radius 1 is 0.900 bits per heavy atom. The summed E-state index contributed by atoms with van der Waals surface area (Å²) in [5.74, 6) is 0.138. The molecular weight excluding hydrogens is 274 g/mol. The molecule has 5 heteroatoms. The number of phenolic OH excluding ortho intramolecular Hbond substituents is 1. The molecule has 0 heterocycles. The number of hydrogen-bond acceptors (Lipinski definition) is 3. The molecule has 0 radical (unpaired) electrons. The summed E-state index contributed by atoms with van der Waals surface area (Å²) in [6.07, 6.45) is 0. The van der Waals surface area contributed by atoms with Crippen LogP contribution in [0.3, 0.4) is 0 Å². The quantitative estimate of drug-likeness (QED) is 0.854. The van der Waals surface area contributed by atoms with Crippen LogP contribution < -0.4 is 4.72 Å². The van der Waals surface area contributed by atoms with Crippen LogP contribution in [0.5, 0.6) is 5.75 Å². The first-order valence-corrected chi connectivity index (χ1v) is 7.67. The number of aryl methyl sites for hydroxylation is 3. The molecule has 0 aromatic heterocycles. The normalized spacial score (nSPS) is 11.3. The van der Waals surface area contributed by atoms with Crippen LogP contribution in [0.2, 0.25) is 0 Å². The second-order valence-corrected chi connectivity index (χ2v) is 6.54. The third kappa shape index (κ3) is 2.93. The van der Waals surface area contributed by atoms with Gasteiger partial charge in [0, 0.05) is 5.69 Å². The van der Waals surface area contributed by atoms with Crippen molar-refractivity contribution in [3.8, 4) is 5.75 Å². The van der Waals surface area contributed by atoms with Crippen molar-refractivity contribution in [2.24, 2.45) is 0 Å². The number of anilines is 1. The first-order valence-electron chi connectivity index (χ1n) is 6.19. The van der Waals surface area contributed by atoms with Gasteiger partial charge in [0.1, 0.15) is 5.75 Å². The van der Waals surface area contributed by atoms with E-state index in [2.05, 4.69) is 4.72 Å². The van der Waals surface area contributed by atoms with E-state index < -0.39 is 10.0 Å². The van der Waals surface area contributed by atoms with Gasteiger partial charge in [-0.3, -0.25) is 4.72 Å². The lowest BCUT2D eigenvalue weighted by molar-refractivity contribution is 0.471. The summed E-state index contributed by atoms with van der Waals surface area (Å²) in [5.41, 5.74) is 3.02. The van der Waals surface area contributed by atoms with E-state index in [0.717, 1.165) is 11.1 Å². The summed E-state index contributed by atoms with van der Waals surface area (Å²) < 4.78 is 27.1. The van der Waals surface area contributed by atoms with Crippen molar-refractivity contribution in [2.45, 2.75) is 25.7 Å². The fourth-order valence-corrected chi connectivity index (χ4v) is 2.95. The van der Waals surface area contributed by atoms with Gasteiger partial charge >= 0.3 is 0 Å². The molecule has 0 unspecified atom stereocenters. The highest BCUT2D eigenvalue weighted by Crippen LogP contribution is 2.23. The summed E-state index contributed by atoms with van der Waals surface area (Å²) in [5, 5.41) is 9.45. The van der Waals surface area contributed by atoms with Gasteiger partial charge in [0.15, 0.2) is 0 Å². The minimum atomic E-state index is -3.61. The molecule has 0 atom stereocenters. The Bertz CT molecular complexity index is 752. The van der Waals surface area contributed by atoms with Gasteiger partial charge in [-0.15, -0.1) is 0 Å². The fraction of sp³-hybridized carbons (Fsp3) is 0.200. The van der Waals surface area contributed by atoms with Gasteiger partial charge in [-0.25, -0.2) is 8.42 Å². The van der Waals surface area contributed by atoms with Crippen LogP contribution in [-0.4, -0.2) is 13.5 Å². The van der Waals surface area contributed by atoms with E-state index in [1.54, 1.807) is 31.2 Å². The molecule has 0 aliphatic heterocycles. The molecule has 0 saturated heterocycles. The Morgan fingerprint density at radius 2 is 1.60 bits per heavy atom. The minimum Gasteiger partial charge on any atom is -0.508 e. The highest BCUT2D eigenvalue weighted by atomic mass is 32.2. The number of phenols is 1. The second-order valence-electron chi connectivity index (χ2n) is 4.85. The lowest BCUT2D eigenvalue weighted by atomic mass is 10.1. The molecule has 2 N–H and O–H groups in total. The third-order valence-electron chi connectivity index (χ3n) is 3.24. The van der Waals surface area contributed by atoms with E-state index in [1.807, 2.05) is 13.8 Å². The highest BCUT2D eigenvalue weighted by Gasteiger charge is 2.15. The van der Waals surface area contributed by atoms with Crippen LogP contribution in [0.4, 0.5) is 5.69 Å². The molecule has 4 nitrogen and oxygen atoms in total. The predicted octanol–water partition coefficient (Wildman–Crippen LogP) is 3.12. The topological polar surface area (TPSA) is 66.4 Å². The molecule has 2 rings (SSSR count). The van der Waals surface area contributed by atoms with Crippen molar-refractivity contribution in [1.29, 1.82) is 0 Å². The molecule has 0 amide bonds. The molecule has 0 aliphatic rings. The van der Waals surface area contributed by atoms with Crippen LogP contribution in [0, 0.1) is 20.8 Å². The van der Waals surface area contributed by atoms with Crippen LogP contribution in [0.1, 0.15) is 16.7 Å². The molecule has 0 fully saturated rings. The number of benzene rings is 2. The van der Waals surface area contributed by atoms with Crippen molar-refractivity contribution in [1.82, 2.24) is 0 Å². The molecule has 0 saturated carbocycles. The number of nitrogens with one attached hydrogen (secondary N) is 1. The second kappa shape index (κ2) is 5.17. The van der Waals surface area contributed by atoms with Crippen LogP contribution in [-0.2, 0) is 10.0 Å². The van der Waals surface area contributed by atoms with Crippen molar-refractivity contribution >= 4 is 15.7 Å². The summed E-state index contributed by atoms with van der Waals surface area (Å²) in [6, 6.07) is 9.59. The Kier molecular flexibility index (Phi) is 3.72. The maximum atomic E-state index is 12.3. The van der Waals surface area contributed by atoms with E-state index in [-0.39, 0.29) is 10.6 Å². The van der Waals surface area contributed by atoms with Gasteiger partial charge in [0.25, 0.3) is 10.0 Å². The number of hydrogen-bond donors (Lipinski definition) is 2. The van der Waals surface area contributed by atoms with E-state index in [1.165, 1.54) is 12.1 Å². The maximum absolute atomic E-state index is 12.3. The van der Waals surface area contributed by atoms with E-state index in [0.29, 0.717) is 11.3 Å². The monoisotopic (exact) mass is 291 g/mol. The van der Waals surface area contributed by atoms with Gasteiger partial charge in [0.2, 0.25) is 0 Å². The average molecular weight is 291 g/mol. The summed E-state index contributed by atoms with van der Waals surface area (Å²) in [6.45, 7) is 5.52. The Balaban J connectivity index is 2.35. The average Bonchev–Trinajstić information content (AvgIpc) is 2.37. The molecule has 20 heavy (non-hydrogen) atoms. The Hall–Kier alpha value is -2.01. The van der Waals surface area contributed by atoms with Gasteiger partial charge < -0.3 is 5.11 Å². The van der Waals surface area contributed by atoms with Gasteiger partial charge in [-0.1, -0.05) is 6.07 Å². The van der Waals surface area contributed by atoms with Gasteiger partial charge in [-0.05, 0) is 67.8 Å². The predicted molar refractivity (Wildman–Crippen MR) is 79.6 cm³/mol. The molecule has 106 valence electrons. The van der Waals surface area contributed by atoms with Crippen LogP contribution >= 0.6 is 0 Å². The molecular formula is C15H17NO3S. The van der Waals surface area contributed by atoms with E-state index >= 15 is 0 Å². The lowest BCUT2D eigenvalue weighted by Gasteiger charge is -2.10. The SMILES string of the molecule is Cc1ccc(S(=O)(=O)Nc2ccc(O)c(C)c2)cc1C. The number of rotatable bonds is 3. The molecule has 0 aliphatic carbocycles. The lowest BCUT2D eigenvalue weighted by Crippen LogP contribution is -2.13. The zero-order valence-electron chi connectivity index (χ0n) is 11.6. The maximum Gasteiger partial charge on any atom is 0.261 e. The summed E-state index contributed by atoms with van der Waals surface area (Å²) in [4.78, 5) is 0.228. The molecule has 2 aromatic carbocycles. The minimum absolute atomic E-state index is 0.138. The van der Waals surface area contributed by atoms with Crippen LogP contribution in [0.15, 0.2) is 41.3 Å².